The Bertz CT molecular complexity index is 322. The highest BCUT2D eigenvalue weighted by Gasteiger charge is 2.35. The van der Waals surface area contributed by atoms with Crippen molar-refractivity contribution in [2.75, 3.05) is 0 Å². The van der Waals surface area contributed by atoms with E-state index >= 15 is 0 Å². The van der Waals surface area contributed by atoms with E-state index in [1.54, 1.807) is 6.07 Å². The van der Waals surface area contributed by atoms with E-state index < -0.39 is 0 Å². The first-order valence-corrected chi connectivity index (χ1v) is 5.12. The van der Waals surface area contributed by atoms with E-state index in [9.17, 15) is 5.11 Å². The fourth-order valence-corrected chi connectivity index (χ4v) is 1.86. The molecule has 0 amide bonds. The fraction of sp³-hybridized carbons (Fsp3) is 0.500. The first-order valence-electron chi connectivity index (χ1n) is 5.12. The predicted molar refractivity (Wildman–Crippen MR) is 55.5 cm³/mol. The maximum absolute atomic E-state index is 9.64. The van der Waals surface area contributed by atoms with E-state index in [1.807, 2.05) is 18.2 Å². The molecule has 3 unspecified atom stereocenters. The monoisotopic (exact) mass is 192 g/mol. The van der Waals surface area contributed by atoms with Gasteiger partial charge in [0.2, 0.25) is 0 Å². The molecule has 0 spiro atoms. The van der Waals surface area contributed by atoms with Crippen LogP contribution in [0.25, 0.3) is 0 Å². The third-order valence-corrected chi connectivity index (χ3v) is 2.89. The van der Waals surface area contributed by atoms with Crippen LogP contribution in [0, 0.1) is 0 Å². The van der Waals surface area contributed by atoms with Crippen molar-refractivity contribution in [3.05, 3.63) is 29.8 Å². The van der Waals surface area contributed by atoms with Crippen molar-refractivity contribution in [3.8, 4) is 5.75 Å². The lowest BCUT2D eigenvalue weighted by Crippen LogP contribution is -2.00. The Morgan fingerprint density at radius 3 is 2.64 bits per heavy atom. The van der Waals surface area contributed by atoms with Crippen LogP contribution in [-0.2, 0) is 4.74 Å². The molecule has 1 fully saturated rings. The van der Waals surface area contributed by atoms with E-state index in [-0.39, 0.29) is 0 Å². The molecule has 1 saturated heterocycles. The molecule has 0 bridgehead atoms. The zero-order chi connectivity index (χ0) is 10.1. The van der Waals surface area contributed by atoms with Crippen molar-refractivity contribution in [2.45, 2.75) is 38.4 Å². The maximum Gasteiger partial charge on any atom is 0.119 e. The standard InChI is InChI=1S/C12H16O2/c1-8(7-12-9(2)14-12)10-5-3-4-6-11(10)13/h3-6,8-9,12-13H,7H2,1-2H3. The molecule has 1 aromatic rings. The number of rotatable bonds is 3. The lowest BCUT2D eigenvalue weighted by Gasteiger charge is -2.11. The highest BCUT2D eigenvalue weighted by molar-refractivity contribution is 5.34. The van der Waals surface area contributed by atoms with E-state index in [1.165, 1.54) is 0 Å². The number of epoxide rings is 1. The van der Waals surface area contributed by atoms with Gasteiger partial charge >= 0.3 is 0 Å². The van der Waals surface area contributed by atoms with Gasteiger partial charge in [-0.25, -0.2) is 0 Å². The van der Waals surface area contributed by atoms with Crippen LogP contribution in [0.5, 0.6) is 5.75 Å². The van der Waals surface area contributed by atoms with E-state index in [2.05, 4.69) is 13.8 Å². The summed E-state index contributed by atoms with van der Waals surface area (Å²) in [6.07, 6.45) is 1.80. The number of ether oxygens (including phenoxy) is 1. The van der Waals surface area contributed by atoms with Crippen LogP contribution in [0.2, 0.25) is 0 Å². The summed E-state index contributed by atoms with van der Waals surface area (Å²) in [5, 5.41) is 9.64. The average Bonchev–Trinajstić information content (AvgIpc) is 2.82. The summed E-state index contributed by atoms with van der Waals surface area (Å²) in [5.41, 5.74) is 1.02. The number of hydrogen-bond donors (Lipinski definition) is 1. The minimum Gasteiger partial charge on any atom is -0.508 e. The maximum atomic E-state index is 9.64. The number of benzene rings is 1. The van der Waals surface area contributed by atoms with Gasteiger partial charge in [0.05, 0.1) is 12.2 Å². The molecule has 1 N–H and O–H groups in total. The molecule has 2 rings (SSSR count). The molecule has 1 aliphatic heterocycles. The molecule has 0 aliphatic carbocycles. The molecular weight excluding hydrogens is 176 g/mol. The number of aromatic hydroxyl groups is 1. The lowest BCUT2D eigenvalue weighted by molar-refractivity contribution is 0.360. The van der Waals surface area contributed by atoms with Crippen LogP contribution in [-0.4, -0.2) is 17.3 Å². The SMILES string of the molecule is CC(CC1OC1C)c1ccccc1O. The largest absolute Gasteiger partial charge is 0.508 e. The Labute approximate surface area is 84.5 Å². The highest BCUT2D eigenvalue weighted by Crippen LogP contribution is 2.35. The Kier molecular flexibility index (Phi) is 2.46. The van der Waals surface area contributed by atoms with Gasteiger partial charge in [0, 0.05) is 0 Å². The first-order chi connectivity index (χ1) is 6.68. The van der Waals surface area contributed by atoms with Gasteiger partial charge in [0.15, 0.2) is 0 Å². The van der Waals surface area contributed by atoms with E-state index in [0.29, 0.717) is 23.9 Å². The molecule has 14 heavy (non-hydrogen) atoms. The van der Waals surface area contributed by atoms with Crippen molar-refractivity contribution in [1.29, 1.82) is 0 Å². The van der Waals surface area contributed by atoms with Crippen LogP contribution >= 0.6 is 0 Å². The Hall–Kier alpha value is -1.02. The smallest absolute Gasteiger partial charge is 0.119 e. The zero-order valence-corrected chi connectivity index (χ0v) is 8.60. The second-order valence-electron chi connectivity index (χ2n) is 4.08. The molecule has 3 atom stereocenters. The third-order valence-electron chi connectivity index (χ3n) is 2.89. The van der Waals surface area contributed by atoms with Gasteiger partial charge in [0.1, 0.15) is 5.75 Å². The van der Waals surface area contributed by atoms with Crippen molar-refractivity contribution >= 4 is 0 Å². The Balaban J connectivity index is 2.03. The minimum atomic E-state index is 0.367. The summed E-state index contributed by atoms with van der Waals surface area (Å²) in [7, 11) is 0. The summed E-state index contributed by atoms with van der Waals surface area (Å²) in [6, 6.07) is 7.53. The first kappa shape index (κ1) is 9.53. The van der Waals surface area contributed by atoms with Gasteiger partial charge in [-0.05, 0) is 30.9 Å². The normalized spacial score (nSPS) is 27.3. The summed E-state index contributed by atoms with van der Waals surface area (Å²) < 4.78 is 5.37. The van der Waals surface area contributed by atoms with Crippen molar-refractivity contribution in [3.63, 3.8) is 0 Å². The predicted octanol–water partition coefficient (Wildman–Crippen LogP) is 2.67. The zero-order valence-electron chi connectivity index (χ0n) is 8.60. The topological polar surface area (TPSA) is 32.8 Å². The number of phenols is 1. The van der Waals surface area contributed by atoms with Crippen LogP contribution in [0.3, 0.4) is 0 Å². The lowest BCUT2D eigenvalue weighted by atomic mass is 9.95. The summed E-state index contributed by atoms with van der Waals surface area (Å²) >= 11 is 0. The van der Waals surface area contributed by atoms with Gasteiger partial charge in [-0.15, -0.1) is 0 Å². The minimum absolute atomic E-state index is 0.367. The van der Waals surface area contributed by atoms with Gasteiger partial charge in [-0.2, -0.15) is 0 Å². The highest BCUT2D eigenvalue weighted by atomic mass is 16.6. The number of phenolic OH excluding ortho intramolecular Hbond substituents is 1. The third kappa shape index (κ3) is 1.90. The molecule has 76 valence electrons. The molecule has 0 radical (unpaired) electrons. The Morgan fingerprint density at radius 1 is 1.43 bits per heavy atom. The van der Waals surface area contributed by atoms with Crippen LogP contribution in [0.15, 0.2) is 24.3 Å². The molecule has 1 aliphatic rings. The fourth-order valence-electron chi connectivity index (χ4n) is 1.86. The molecule has 2 nitrogen and oxygen atoms in total. The van der Waals surface area contributed by atoms with Crippen LogP contribution in [0.4, 0.5) is 0 Å². The van der Waals surface area contributed by atoms with Gasteiger partial charge < -0.3 is 9.84 Å². The average molecular weight is 192 g/mol. The van der Waals surface area contributed by atoms with Gasteiger partial charge in [-0.3, -0.25) is 0 Å². The van der Waals surface area contributed by atoms with Crippen molar-refractivity contribution in [1.82, 2.24) is 0 Å². The summed E-state index contributed by atoms with van der Waals surface area (Å²) in [6.45, 7) is 4.21. The molecule has 0 aromatic heterocycles. The second-order valence-corrected chi connectivity index (χ2v) is 4.08. The van der Waals surface area contributed by atoms with Crippen LogP contribution < -0.4 is 0 Å². The Morgan fingerprint density at radius 2 is 2.07 bits per heavy atom. The van der Waals surface area contributed by atoms with E-state index in [4.69, 9.17) is 4.74 Å². The number of hydrogen-bond acceptors (Lipinski definition) is 2. The van der Waals surface area contributed by atoms with E-state index in [0.717, 1.165) is 12.0 Å². The summed E-state index contributed by atoms with van der Waals surface area (Å²) in [4.78, 5) is 0. The van der Waals surface area contributed by atoms with Crippen LogP contribution in [0.1, 0.15) is 31.7 Å². The number of para-hydroxylation sites is 1. The summed E-state index contributed by atoms with van der Waals surface area (Å²) in [5.74, 6) is 0.763. The molecular formula is C12H16O2. The molecule has 1 aromatic carbocycles. The van der Waals surface area contributed by atoms with Gasteiger partial charge in [-0.1, -0.05) is 25.1 Å². The van der Waals surface area contributed by atoms with Crippen molar-refractivity contribution < 1.29 is 9.84 Å². The van der Waals surface area contributed by atoms with Crippen molar-refractivity contribution in [2.24, 2.45) is 0 Å². The quantitative estimate of drug-likeness (QED) is 0.747. The molecule has 0 saturated carbocycles. The molecule has 1 heterocycles. The molecule has 2 heteroatoms. The van der Waals surface area contributed by atoms with Gasteiger partial charge in [0.25, 0.3) is 0 Å². The second kappa shape index (κ2) is 3.62.